The van der Waals surface area contributed by atoms with Gasteiger partial charge in [-0.1, -0.05) is 0 Å². The molecular weight excluding hydrogens is 326 g/mol. The van der Waals surface area contributed by atoms with Gasteiger partial charge in [-0.3, -0.25) is 4.99 Å². The standard InChI is InChI=1S/C16H29N5O2S/c1-3-17-16(18-8-13-20-9-4-5-10-20)19-14-15-6-11-21(12-7-15)24(2,22)23/h4-5,9-10,15H,3,6-8,11-14H2,1-2H3,(H2,17,18,19). The first-order valence-corrected chi connectivity index (χ1v) is 10.4. The molecule has 0 aromatic carbocycles. The van der Waals surface area contributed by atoms with Crippen LogP contribution in [0.4, 0.5) is 0 Å². The Balaban J connectivity index is 1.76. The van der Waals surface area contributed by atoms with E-state index in [4.69, 9.17) is 0 Å². The molecule has 136 valence electrons. The number of hydrogen-bond acceptors (Lipinski definition) is 3. The molecule has 1 fully saturated rings. The van der Waals surface area contributed by atoms with Crippen LogP contribution in [0.25, 0.3) is 0 Å². The topological polar surface area (TPSA) is 78.7 Å². The molecule has 0 radical (unpaired) electrons. The number of rotatable bonds is 7. The van der Waals surface area contributed by atoms with E-state index in [1.54, 1.807) is 4.31 Å². The zero-order chi connectivity index (χ0) is 17.4. The smallest absolute Gasteiger partial charge is 0.211 e. The summed E-state index contributed by atoms with van der Waals surface area (Å²) in [7, 11) is -3.05. The number of nitrogens with one attached hydrogen (secondary N) is 2. The summed E-state index contributed by atoms with van der Waals surface area (Å²) in [5.74, 6) is 1.28. The van der Waals surface area contributed by atoms with Crippen LogP contribution in [0, 0.1) is 5.92 Å². The predicted octanol–water partition coefficient (Wildman–Crippen LogP) is 0.715. The molecule has 0 bridgehead atoms. The maximum absolute atomic E-state index is 11.5. The van der Waals surface area contributed by atoms with E-state index in [2.05, 4.69) is 20.2 Å². The monoisotopic (exact) mass is 355 g/mol. The SMILES string of the molecule is CCNC(=NCC1CCN(S(C)(=O)=O)CC1)NCCn1cccc1. The molecule has 2 N–H and O–H groups in total. The summed E-state index contributed by atoms with van der Waals surface area (Å²) >= 11 is 0. The minimum Gasteiger partial charge on any atom is -0.357 e. The van der Waals surface area contributed by atoms with Crippen molar-refractivity contribution in [2.24, 2.45) is 10.9 Å². The second kappa shape index (κ2) is 9.08. The normalized spacial score (nSPS) is 17.8. The second-order valence-corrected chi connectivity index (χ2v) is 8.16. The van der Waals surface area contributed by atoms with Crippen molar-refractivity contribution in [2.75, 3.05) is 39.0 Å². The zero-order valence-corrected chi connectivity index (χ0v) is 15.4. The summed E-state index contributed by atoms with van der Waals surface area (Å²) < 4.78 is 26.8. The third kappa shape index (κ3) is 6.16. The zero-order valence-electron chi connectivity index (χ0n) is 14.6. The summed E-state index contributed by atoms with van der Waals surface area (Å²) in [6.07, 6.45) is 7.12. The van der Waals surface area contributed by atoms with Crippen molar-refractivity contribution in [3.8, 4) is 0 Å². The Labute approximate surface area is 145 Å². The van der Waals surface area contributed by atoms with Crippen LogP contribution in [0.5, 0.6) is 0 Å². The van der Waals surface area contributed by atoms with Crippen molar-refractivity contribution >= 4 is 16.0 Å². The Morgan fingerprint density at radius 3 is 2.46 bits per heavy atom. The van der Waals surface area contributed by atoms with Gasteiger partial charge < -0.3 is 15.2 Å². The fraction of sp³-hybridized carbons (Fsp3) is 0.688. The first-order valence-electron chi connectivity index (χ1n) is 8.57. The Hall–Kier alpha value is -1.54. The van der Waals surface area contributed by atoms with Crippen molar-refractivity contribution < 1.29 is 8.42 Å². The minimum atomic E-state index is -3.05. The van der Waals surface area contributed by atoms with E-state index < -0.39 is 10.0 Å². The molecule has 2 rings (SSSR count). The van der Waals surface area contributed by atoms with Crippen molar-refractivity contribution in [1.29, 1.82) is 0 Å². The van der Waals surface area contributed by atoms with Gasteiger partial charge in [-0.2, -0.15) is 0 Å². The van der Waals surface area contributed by atoms with Gasteiger partial charge in [0, 0.05) is 51.7 Å². The van der Waals surface area contributed by atoms with E-state index in [1.165, 1.54) is 6.26 Å². The van der Waals surface area contributed by atoms with E-state index in [-0.39, 0.29) is 0 Å². The summed E-state index contributed by atoms with van der Waals surface area (Å²) in [5.41, 5.74) is 0. The Kier molecular flexibility index (Phi) is 7.11. The molecule has 7 nitrogen and oxygen atoms in total. The molecule has 1 aromatic rings. The van der Waals surface area contributed by atoms with Gasteiger partial charge in [0.25, 0.3) is 0 Å². The highest BCUT2D eigenvalue weighted by molar-refractivity contribution is 7.88. The molecule has 0 amide bonds. The van der Waals surface area contributed by atoms with Gasteiger partial charge >= 0.3 is 0 Å². The van der Waals surface area contributed by atoms with Gasteiger partial charge in [-0.25, -0.2) is 12.7 Å². The average molecular weight is 356 g/mol. The maximum Gasteiger partial charge on any atom is 0.211 e. The maximum atomic E-state index is 11.5. The van der Waals surface area contributed by atoms with Crippen LogP contribution < -0.4 is 10.6 Å². The van der Waals surface area contributed by atoms with E-state index in [9.17, 15) is 8.42 Å². The van der Waals surface area contributed by atoms with Gasteiger partial charge in [-0.05, 0) is 37.8 Å². The first kappa shape index (κ1) is 18.8. The Morgan fingerprint density at radius 1 is 1.21 bits per heavy atom. The van der Waals surface area contributed by atoms with Crippen LogP contribution in [0.3, 0.4) is 0 Å². The lowest BCUT2D eigenvalue weighted by Crippen LogP contribution is -2.40. The Morgan fingerprint density at radius 2 is 1.88 bits per heavy atom. The van der Waals surface area contributed by atoms with Crippen LogP contribution in [0.2, 0.25) is 0 Å². The number of sulfonamides is 1. The number of piperidine rings is 1. The molecule has 1 aliphatic heterocycles. The average Bonchev–Trinajstić information content (AvgIpc) is 3.05. The van der Waals surface area contributed by atoms with Crippen LogP contribution in [-0.2, 0) is 16.6 Å². The number of nitrogens with zero attached hydrogens (tertiary/aromatic N) is 3. The lowest BCUT2D eigenvalue weighted by Gasteiger charge is -2.29. The highest BCUT2D eigenvalue weighted by Gasteiger charge is 2.24. The third-order valence-corrected chi connectivity index (χ3v) is 5.53. The number of aromatic nitrogens is 1. The number of aliphatic imine (C=N–C) groups is 1. The van der Waals surface area contributed by atoms with Crippen molar-refractivity contribution in [2.45, 2.75) is 26.3 Å². The second-order valence-electron chi connectivity index (χ2n) is 6.17. The molecule has 0 saturated carbocycles. The van der Waals surface area contributed by atoms with E-state index in [1.807, 2.05) is 31.5 Å². The van der Waals surface area contributed by atoms with Gasteiger partial charge in [0.15, 0.2) is 5.96 Å². The highest BCUT2D eigenvalue weighted by Crippen LogP contribution is 2.19. The molecule has 0 unspecified atom stereocenters. The molecule has 1 saturated heterocycles. The number of hydrogen-bond donors (Lipinski definition) is 2. The molecular formula is C16H29N5O2S. The molecule has 0 atom stereocenters. The number of guanidine groups is 1. The summed E-state index contributed by atoms with van der Waals surface area (Å²) in [4.78, 5) is 4.66. The van der Waals surface area contributed by atoms with E-state index in [0.29, 0.717) is 19.0 Å². The molecule has 0 aliphatic carbocycles. The molecule has 1 aromatic heterocycles. The highest BCUT2D eigenvalue weighted by atomic mass is 32.2. The van der Waals surface area contributed by atoms with Gasteiger partial charge in [-0.15, -0.1) is 0 Å². The predicted molar refractivity (Wildman–Crippen MR) is 97.6 cm³/mol. The van der Waals surface area contributed by atoms with Crippen molar-refractivity contribution in [3.63, 3.8) is 0 Å². The lowest BCUT2D eigenvalue weighted by atomic mass is 9.98. The summed E-state index contributed by atoms with van der Waals surface area (Å²) in [5, 5.41) is 6.60. The van der Waals surface area contributed by atoms with Crippen LogP contribution in [-0.4, -0.2) is 62.2 Å². The molecule has 2 heterocycles. The van der Waals surface area contributed by atoms with Crippen molar-refractivity contribution in [3.05, 3.63) is 24.5 Å². The molecule has 0 spiro atoms. The van der Waals surface area contributed by atoms with Crippen LogP contribution >= 0.6 is 0 Å². The molecule has 24 heavy (non-hydrogen) atoms. The largest absolute Gasteiger partial charge is 0.357 e. The minimum absolute atomic E-state index is 0.447. The van der Waals surface area contributed by atoms with E-state index >= 15 is 0 Å². The Bertz CT molecular complexity index is 604. The van der Waals surface area contributed by atoms with Crippen LogP contribution in [0.1, 0.15) is 19.8 Å². The van der Waals surface area contributed by atoms with Crippen molar-refractivity contribution in [1.82, 2.24) is 19.5 Å². The molecule has 8 heteroatoms. The van der Waals surface area contributed by atoms with Crippen LogP contribution in [0.15, 0.2) is 29.5 Å². The first-order chi connectivity index (χ1) is 11.5. The van der Waals surface area contributed by atoms with Gasteiger partial charge in [0.1, 0.15) is 0 Å². The summed E-state index contributed by atoms with van der Waals surface area (Å²) in [6, 6.07) is 4.03. The summed E-state index contributed by atoms with van der Waals surface area (Å²) in [6.45, 7) is 6.52. The lowest BCUT2D eigenvalue weighted by molar-refractivity contribution is 0.280. The molecule has 1 aliphatic rings. The quantitative estimate of drug-likeness (QED) is 0.558. The van der Waals surface area contributed by atoms with Gasteiger partial charge in [0.2, 0.25) is 10.0 Å². The van der Waals surface area contributed by atoms with Gasteiger partial charge in [0.05, 0.1) is 6.26 Å². The fourth-order valence-electron chi connectivity index (χ4n) is 2.81. The fourth-order valence-corrected chi connectivity index (χ4v) is 3.68. The van der Waals surface area contributed by atoms with E-state index in [0.717, 1.165) is 45.0 Å². The third-order valence-electron chi connectivity index (χ3n) is 4.22.